The number of aromatic nitrogens is 2. The number of carbonyl (C=O) groups excluding carboxylic acids is 1. The van der Waals surface area contributed by atoms with Gasteiger partial charge in [0.1, 0.15) is 11.9 Å². The average Bonchev–Trinajstić information content (AvgIpc) is 2.58. The highest BCUT2D eigenvalue weighted by molar-refractivity contribution is 5.95. The Kier molecular flexibility index (Phi) is 4.42. The highest BCUT2D eigenvalue weighted by atomic mass is 19.1. The molecule has 1 aliphatic heterocycles. The maximum absolute atomic E-state index is 12.9. The van der Waals surface area contributed by atoms with Gasteiger partial charge in [0, 0.05) is 25.3 Å². The first-order valence-electron chi connectivity index (χ1n) is 7.14. The summed E-state index contributed by atoms with van der Waals surface area (Å²) in [5.41, 5.74) is 0.522. The molecule has 1 saturated heterocycles. The van der Waals surface area contributed by atoms with E-state index in [0.29, 0.717) is 31.3 Å². The summed E-state index contributed by atoms with van der Waals surface area (Å²) in [5.74, 6) is -0.719. The van der Waals surface area contributed by atoms with Crippen molar-refractivity contribution < 1.29 is 13.6 Å². The van der Waals surface area contributed by atoms with Crippen LogP contribution in [0.3, 0.4) is 0 Å². The first-order valence-corrected chi connectivity index (χ1v) is 7.14. The van der Waals surface area contributed by atoms with Gasteiger partial charge in [-0.3, -0.25) is 4.79 Å². The summed E-state index contributed by atoms with van der Waals surface area (Å²) >= 11 is 0. The summed E-state index contributed by atoms with van der Waals surface area (Å²) in [6.07, 6.45) is 2.19. The fourth-order valence-corrected chi connectivity index (χ4v) is 2.34. The molecular formula is C15H15F2N5O. The molecule has 6 nitrogen and oxygen atoms in total. The van der Waals surface area contributed by atoms with Crippen LogP contribution in [0.25, 0.3) is 0 Å². The Morgan fingerprint density at radius 3 is 2.57 bits per heavy atom. The van der Waals surface area contributed by atoms with Crippen LogP contribution in [0, 0.1) is 11.6 Å². The van der Waals surface area contributed by atoms with Crippen LogP contribution in [0.15, 0.2) is 36.7 Å². The molecule has 23 heavy (non-hydrogen) atoms. The molecule has 3 rings (SSSR count). The SMILES string of the molecule is O=C(Nc1ccc(F)cc1)[C@@H]1CN(c2ncc(F)cn2)CCN1. The normalized spacial score (nSPS) is 17.8. The van der Waals surface area contributed by atoms with Crippen molar-refractivity contribution in [2.75, 3.05) is 29.9 Å². The summed E-state index contributed by atoms with van der Waals surface area (Å²) < 4.78 is 25.8. The zero-order valence-electron chi connectivity index (χ0n) is 12.2. The molecule has 0 spiro atoms. The van der Waals surface area contributed by atoms with E-state index >= 15 is 0 Å². The van der Waals surface area contributed by atoms with E-state index in [1.54, 1.807) is 0 Å². The zero-order chi connectivity index (χ0) is 16.2. The number of hydrogen-bond acceptors (Lipinski definition) is 5. The summed E-state index contributed by atoms with van der Waals surface area (Å²) in [6.45, 7) is 1.55. The Balaban J connectivity index is 1.64. The highest BCUT2D eigenvalue weighted by Gasteiger charge is 2.26. The molecule has 1 fully saturated rings. The van der Waals surface area contributed by atoms with Crippen LogP contribution >= 0.6 is 0 Å². The van der Waals surface area contributed by atoms with Crippen LogP contribution in [0.4, 0.5) is 20.4 Å². The molecule has 1 amide bonds. The molecule has 1 atom stereocenters. The van der Waals surface area contributed by atoms with Crippen LogP contribution in [0.1, 0.15) is 0 Å². The molecule has 1 aromatic heterocycles. The van der Waals surface area contributed by atoms with Crippen molar-refractivity contribution in [1.82, 2.24) is 15.3 Å². The predicted octanol–water partition coefficient (Wildman–Crippen LogP) is 1.17. The predicted molar refractivity (Wildman–Crippen MR) is 81.0 cm³/mol. The maximum atomic E-state index is 12.9. The third kappa shape index (κ3) is 3.78. The lowest BCUT2D eigenvalue weighted by Crippen LogP contribution is -2.56. The number of amides is 1. The molecular weight excluding hydrogens is 304 g/mol. The van der Waals surface area contributed by atoms with Gasteiger partial charge in [0.2, 0.25) is 11.9 Å². The third-order valence-corrected chi connectivity index (χ3v) is 3.49. The largest absolute Gasteiger partial charge is 0.337 e. The standard InChI is InChI=1S/C15H15F2N5O/c16-10-1-3-12(4-2-10)21-14(23)13-9-22(6-5-18-13)15-19-7-11(17)8-20-15/h1-4,7-8,13,18H,5-6,9H2,(H,21,23)/t13-/m0/s1. The topological polar surface area (TPSA) is 70.2 Å². The minimum Gasteiger partial charge on any atom is -0.337 e. The first-order chi connectivity index (χ1) is 11.1. The second kappa shape index (κ2) is 6.66. The van der Waals surface area contributed by atoms with Gasteiger partial charge in [-0.15, -0.1) is 0 Å². The smallest absolute Gasteiger partial charge is 0.243 e. The number of benzene rings is 1. The van der Waals surface area contributed by atoms with E-state index in [-0.39, 0.29) is 11.7 Å². The number of rotatable bonds is 3. The van der Waals surface area contributed by atoms with E-state index < -0.39 is 11.9 Å². The lowest BCUT2D eigenvalue weighted by Gasteiger charge is -2.32. The maximum Gasteiger partial charge on any atom is 0.243 e. The van der Waals surface area contributed by atoms with Crippen LogP contribution in [-0.2, 0) is 4.79 Å². The fourth-order valence-electron chi connectivity index (χ4n) is 2.34. The van der Waals surface area contributed by atoms with Gasteiger partial charge in [0.25, 0.3) is 0 Å². The average molecular weight is 319 g/mol. The number of halogens is 2. The number of anilines is 2. The van der Waals surface area contributed by atoms with E-state index in [9.17, 15) is 13.6 Å². The monoisotopic (exact) mass is 319 g/mol. The first kappa shape index (κ1) is 15.3. The minimum atomic E-state index is -0.505. The van der Waals surface area contributed by atoms with Crippen molar-refractivity contribution in [1.29, 1.82) is 0 Å². The molecule has 120 valence electrons. The van der Waals surface area contributed by atoms with Gasteiger partial charge < -0.3 is 15.5 Å². The van der Waals surface area contributed by atoms with Crippen LogP contribution in [0.2, 0.25) is 0 Å². The fraction of sp³-hybridized carbons (Fsp3) is 0.267. The van der Waals surface area contributed by atoms with Gasteiger partial charge in [-0.25, -0.2) is 18.7 Å². The van der Waals surface area contributed by atoms with Gasteiger partial charge in [-0.05, 0) is 24.3 Å². The van der Waals surface area contributed by atoms with Crippen molar-refractivity contribution in [2.45, 2.75) is 6.04 Å². The number of nitrogens with one attached hydrogen (secondary N) is 2. The number of nitrogens with zero attached hydrogens (tertiary/aromatic N) is 3. The number of carbonyl (C=O) groups is 1. The van der Waals surface area contributed by atoms with Crippen molar-refractivity contribution in [3.05, 3.63) is 48.3 Å². The number of hydrogen-bond donors (Lipinski definition) is 2. The van der Waals surface area contributed by atoms with E-state index in [0.717, 1.165) is 12.4 Å². The molecule has 1 aliphatic rings. The Morgan fingerprint density at radius 2 is 1.87 bits per heavy atom. The van der Waals surface area contributed by atoms with E-state index in [4.69, 9.17) is 0 Å². The summed E-state index contributed by atoms with van der Waals surface area (Å²) in [6, 6.07) is 5.08. The summed E-state index contributed by atoms with van der Waals surface area (Å²) in [4.78, 5) is 22.0. The molecule has 2 heterocycles. The molecule has 0 unspecified atom stereocenters. The third-order valence-electron chi connectivity index (χ3n) is 3.49. The van der Waals surface area contributed by atoms with Gasteiger partial charge in [0.15, 0.2) is 5.82 Å². The van der Waals surface area contributed by atoms with Crippen molar-refractivity contribution >= 4 is 17.5 Å². The van der Waals surface area contributed by atoms with E-state index in [2.05, 4.69) is 20.6 Å². The lowest BCUT2D eigenvalue weighted by molar-refractivity contribution is -0.118. The minimum absolute atomic E-state index is 0.233. The Hall–Kier alpha value is -2.61. The Bertz CT molecular complexity index is 677. The van der Waals surface area contributed by atoms with Gasteiger partial charge >= 0.3 is 0 Å². The van der Waals surface area contributed by atoms with E-state index in [1.807, 2.05) is 4.90 Å². The molecule has 1 aromatic carbocycles. The molecule has 0 aliphatic carbocycles. The second-order valence-corrected chi connectivity index (χ2v) is 5.15. The van der Waals surface area contributed by atoms with Gasteiger partial charge in [0.05, 0.1) is 12.4 Å². The molecule has 8 heteroatoms. The van der Waals surface area contributed by atoms with Crippen LogP contribution < -0.4 is 15.5 Å². The quantitative estimate of drug-likeness (QED) is 0.889. The van der Waals surface area contributed by atoms with E-state index in [1.165, 1.54) is 24.3 Å². The molecule has 2 N–H and O–H groups in total. The summed E-state index contributed by atoms with van der Waals surface area (Å²) in [5, 5.41) is 5.83. The summed E-state index contributed by atoms with van der Waals surface area (Å²) in [7, 11) is 0. The van der Waals surface area contributed by atoms with Crippen molar-refractivity contribution in [3.63, 3.8) is 0 Å². The Labute approximate surface area is 131 Å². The molecule has 0 bridgehead atoms. The van der Waals surface area contributed by atoms with Crippen molar-refractivity contribution in [2.24, 2.45) is 0 Å². The molecule has 0 radical (unpaired) electrons. The van der Waals surface area contributed by atoms with Crippen LogP contribution in [-0.4, -0.2) is 41.6 Å². The molecule has 0 saturated carbocycles. The molecule has 2 aromatic rings. The van der Waals surface area contributed by atoms with Crippen molar-refractivity contribution in [3.8, 4) is 0 Å². The highest BCUT2D eigenvalue weighted by Crippen LogP contribution is 2.12. The zero-order valence-corrected chi connectivity index (χ0v) is 12.2. The second-order valence-electron chi connectivity index (χ2n) is 5.15. The Morgan fingerprint density at radius 1 is 1.17 bits per heavy atom. The van der Waals surface area contributed by atoms with Gasteiger partial charge in [-0.2, -0.15) is 0 Å². The number of piperazine rings is 1. The lowest BCUT2D eigenvalue weighted by atomic mass is 10.2. The van der Waals surface area contributed by atoms with Gasteiger partial charge in [-0.1, -0.05) is 0 Å². The van der Waals surface area contributed by atoms with Crippen LogP contribution in [0.5, 0.6) is 0 Å².